The predicted octanol–water partition coefficient (Wildman–Crippen LogP) is 4.04. The average molecular weight is 381 g/mol. The average Bonchev–Trinajstić information content (AvgIpc) is 3.47. The van der Waals surface area contributed by atoms with Gasteiger partial charge in [0.15, 0.2) is 6.61 Å². The highest BCUT2D eigenvalue weighted by molar-refractivity contribution is 5.82. The van der Waals surface area contributed by atoms with E-state index in [9.17, 15) is 9.59 Å². The molecule has 0 spiro atoms. The number of aliphatic carboxylic acids is 1. The summed E-state index contributed by atoms with van der Waals surface area (Å²) in [4.78, 5) is 25.0. The van der Waals surface area contributed by atoms with E-state index < -0.39 is 5.97 Å². The Morgan fingerprint density at radius 3 is 2.32 bits per heavy atom. The third-order valence-electron chi connectivity index (χ3n) is 5.22. The highest BCUT2D eigenvalue weighted by Gasteiger charge is 2.45. The van der Waals surface area contributed by atoms with Crippen LogP contribution >= 0.6 is 0 Å². The van der Waals surface area contributed by atoms with Gasteiger partial charge >= 0.3 is 5.97 Å². The molecule has 5 heteroatoms. The molecule has 2 atom stereocenters. The molecule has 1 saturated carbocycles. The molecule has 1 aliphatic carbocycles. The Hall–Kier alpha value is -2.82. The minimum atomic E-state index is -1.01. The molecule has 148 valence electrons. The molecule has 28 heavy (non-hydrogen) atoms. The molecule has 0 saturated heterocycles. The van der Waals surface area contributed by atoms with Crippen molar-refractivity contribution in [2.45, 2.75) is 38.6 Å². The Morgan fingerprint density at radius 1 is 1.11 bits per heavy atom. The Labute approximate surface area is 165 Å². The van der Waals surface area contributed by atoms with E-state index in [0.29, 0.717) is 24.1 Å². The zero-order valence-corrected chi connectivity index (χ0v) is 16.6. The SMILES string of the molecule is CC(C)c1ccc(C2CC2C(=O)N(C)Cc2ccc(OCC(=O)O)cc2)cc1. The largest absolute Gasteiger partial charge is 0.482 e. The Morgan fingerprint density at radius 2 is 1.75 bits per heavy atom. The quantitative estimate of drug-likeness (QED) is 0.749. The van der Waals surface area contributed by atoms with Gasteiger partial charge in [0.05, 0.1) is 0 Å². The van der Waals surface area contributed by atoms with Gasteiger partial charge in [0.1, 0.15) is 5.75 Å². The lowest BCUT2D eigenvalue weighted by Gasteiger charge is -2.18. The third kappa shape index (κ3) is 4.91. The normalized spacial score (nSPS) is 18.0. The van der Waals surface area contributed by atoms with Crippen LogP contribution in [0.2, 0.25) is 0 Å². The summed E-state index contributed by atoms with van der Waals surface area (Å²) in [6, 6.07) is 15.8. The highest BCUT2D eigenvalue weighted by Crippen LogP contribution is 2.48. The van der Waals surface area contributed by atoms with Crippen LogP contribution in [-0.2, 0) is 16.1 Å². The molecule has 2 aromatic carbocycles. The third-order valence-corrected chi connectivity index (χ3v) is 5.22. The van der Waals surface area contributed by atoms with Gasteiger partial charge < -0.3 is 14.7 Å². The number of amides is 1. The number of hydrogen-bond acceptors (Lipinski definition) is 3. The summed E-state index contributed by atoms with van der Waals surface area (Å²) in [6.07, 6.45) is 0.909. The minimum Gasteiger partial charge on any atom is -0.482 e. The van der Waals surface area contributed by atoms with Gasteiger partial charge in [0.25, 0.3) is 0 Å². The van der Waals surface area contributed by atoms with Crippen molar-refractivity contribution in [2.24, 2.45) is 5.92 Å². The molecule has 0 bridgehead atoms. The van der Waals surface area contributed by atoms with E-state index in [1.807, 2.05) is 19.2 Å². The number of nitrogens with zero attached hydrogens (tertiary/aromatic N) is 1. The smallest absolute Gasteiger partial charge is 0.341 e. The van der Waals surface area contributed by atoms with Crippen LogP contribution in [-0.4, -0.2) is 35.5 Å². The van der Waals surface area contributed by atoms with Gasteiger partial charge in [-0.3, -0.25) is 4.79 Å². The van der Waals surface area contributed by atoms with Gasteiger partial charge in [-0.05, 0) is 47.1 Å². The Kier molecular flexibility index (Phi) is 6.02. The fraction of sp³-hybridized carbons (Fsp3) is 0.391. The zero-order chi connectivity index (χ0) is 20.3. The molecule has 5 nitrogen and oxygen atoms in total. The summed E-state index contributed by atoms with van der Waals surface area (Å²) < 4.78 is 5.13. The van der Waals surface area contributed by atoms with Gasteiger partial charge in [-0.15, -0.1) is 0 Å². The fourth-order valence-electron chi connectivity index (χ4n) is 3.44. The maximum atomic E-state index is 12.7. The molecular formula is C23H27NO4. The molecule has 1 aliphatic rings. The van der Waals surface area contributed by atoms with Crippen LogP contribution in [0.1, 0.15) is 48.8 Å². The maximum Gasteiger partial charge on any atom is 0.341 e. The summed E-state index contributed by atoms with van der Waals surface area (Å²) >= 11 is 0. The second-order valence-electron chi connectivity index (χ2n) is 7.79. The number of ether oxygens (including phenoxy) is 1. The first-order valence-corrected chi connectivity index (χ1v) is 9.63. The summed E-state index contributed by atoms with van der Waals surface area (Å²) in [5.41, 5.74) is 3.55. The molecule has 3 rings (SSSR count). The van der Waals surface area contributed by atoms with E-state index in [1.165, 1.54) is 11.1 Å². The van der Waals surface area contributed by atoms with Crippen LogP contribution in [0.5, 0.6) is 5.75 Å². The monoisotopic (exact) mass is 381 g/mol. The lowest BCUT2D eigenvalue weighted by Crippen LogP contribution is -2.28. The molecule has 0 aliphatic heterocycles. The van der Waals surface area contributed by atoms with Gasteiger partial charge in [0, 0.05) is 19.5 Å². The van der Waals surface area contributed by atoms with Crippen LogP contribution in [0, 0.1) is 5.92 Å². The first kappa shape index (κ1) is 19.9. The summed E-state index contributed by atoms with van der Waals surface area (Å²) in [5.74, 6) is 0.567. The second-order valence-corrected chi connectivity index (χ2v) is 7.79. The van der Waals surface area contributed by atoms with E-state index in [1.54, 1.807) is 17.0 Å². The lowest BCUT2D eigenvalue weighted by atomic mass is 10.00. The van der Waals surface area contributed by atoms with Crippen molar-refractivity contribution in [2.75, 3.05) is 13.7 Å². The molecule has 2 aromatic rings. The number of carboxylic acids is 1. The lowest BCUT2D eigenvalue weighted by molar-refractivity contribution is -0.139. The van der Waals surface area contributed by atoms with Crippen molar-refractivity contribution < 1.29 is 19.4 Å². The fourth-order valence-corrected chi connectivity index (χ4v) is 3.44. The second kappa shape index (κ2) is 8.46. The molecule has 1 amide bonds. The highest BCUT2D eigenvalue weighted by atomic mass is 16.5. The summed E-state index contributed by atoms with van der Waals surface area (Å²) in [7, 11) is 1.83. The van der Waals surface area contributed by atoms with Crippen LogP contribution in [0.4, 0.5) is 0 Å². The number of hydrogen-bond donors (Lipinski definition) is 1. The zero-order valence-electron chi connectivity index (χ0n) is 16.6. The van der Waals surface area contributed by atoms with Crippen molar-refractivity contribution in [1.82, 2.24) is 4.90 Å². The first-order chi connectivity index (χ1) is 13.3. The van der Waals surface area contributed by atoms with Gasteiger partial charge in [-0.2, -0.15) is 0 Å². The topological polar surface area (TPSA) is 66.8 Å². The molecule has 0 radical (unpaired) electrons. The number of carbonyl (C=O) groups excluding carboxylic acids is 1. The Bertz CT molecular complexity index is 827. The standard InChI is InChI=1S/C23H27NO4/c1-15(2)17-6-8-18(9-7-17)20-12-21(20)23(27)24(3)13-16-4-10-19(11-5-16)28-14-22(25)26/h4-11,15,20-21H,12-14H2,1-3H3,(H,25,26). The molecule has 1 N–H and O–H groups in total. The summed E-state index contributed by atoms with van der Waals surface area (Å²) in [6.45, 7) is 4.52. The van der Waals surface area contributed by atoms with E-state index >= 15 is 0 Å². The molecular weight excluding hydrogens is 354 g/mol. The number of carbonyl (C=O) groups is 2. The van der Waals surface area contributed by atoms with Gasteiger partial charge in [0.2, 0.25) is 5.91 Å². The predicted molar refractivity (Wildman–Crippen MR) is 107 cm³/mol. The Balaban J connectivity index is 1.53. The van der Waals surface area contributed by atoms with Crippen LogP contribution in [0.3, 0.4) is 0 Å². The van der Waals surface area contributed by atoms with Crippen LogP contribution < -0.4 is 4.74 Å². The van der Waals surface area contributed by atoms with E-state index in [0.717, 1.165) is 12.0 Å². The molecule has 1 fully saturated rings. The molecule has 0 heterocycles. The van der Waals surface area contributed by atoms with Crippen molar-refractivity contribution in [3.05, 3.63) is 65.2 Å². The van der Waals surface area contributed by atoms with E-state index in [4.69, 9.17) is 9.84 Å². The van der Waals surface area contributed by atoms with Crippen molar-refractivity contribution in [1.29, 1.82) is 0 Å². The molecule has 2 unspecified atom stereocenters. The van der Waals surface area contributed by atoms with Crippen molar-refractivity contribution in [3.8, 4) is 5.75 Å². The summed E-state index contributed by atoms with van der Waals surface area (Å²) in [5, 5.41) is 8.64. The van der Waals surface area contributed by atoms with Crippen molar-refractivity contribution in [3.63, 3.8) is 0 Å². The van der Waals surface area contributed by atoms with E-state index in [2.05, 4.69) is 38.1 Å². The minimum absolute atomic E-state index is 0.0630. The van der Waals surface area contributed by atoms with Gasteiger partial charge in [-0.1, -0.05) is 50.2 Å². The number of carboxylic acid groups (broad SMARTS) is 1. The first-order valence-electron chi connectivity index (χ1n) is 9.63. The van der Waals surface area contributed by atoms with Crippen LogP contribution in [0.15, 0.2) is 48.5 Å². The van der Waals surface area contributed by atoms with Gasteiger partial charge in [-0.25, -0.2) is 4.79 Å². The number of rotatable bonds is 8. The molecule has 0 aromatic heterocycles. The number of benzene rings is 2. The van der Waals surface area contributed by atoms with Crippen molar-refractivity contribution >= 4 is 11.9 Å². The van der Waals surface area contributed by atoms with Crippen LogP contribution in [0.25, 0.3) is 0 Å². The van der Waals surface area contributed by atoms with E-state index in [-0.39, 0.29) is 18.4 Å². The maximum absolute atomic E-state index is 12.7.